The van der Waals surface area contributed by atoms with Gasteiger partial charge in [0.05, 0.1) is 11.7 Å². The van der Waals surface area contributed by atoms with Crippen LogP contribution >= 0.6 is 0 Å². The van der Waals surface area contributed by atoms with Gasteiger partial charge in [0.2, 0.25) is 0 Å². The molecular formula is C26H44O2. The Morgan fingerprint density at radius 1 is 1.14 bits per heavy atom. The van der Waals surface area contributed by atoms with Crippen molar-refractivity contribution in [2.45, 2.75) is 110 Å². The van der Waals surface area contributed by atoms with Crippen LogP contribution in [0.1, 0.15) is 98.3 Å². The van der Waals surface area contributed by atoms with Crippen molar-refractivity contribution < 1.29 is 10.2 Å². The zero-order valence-corrected chi connectivity index (χ0v) is 18.8. The highest BCUT2D eigenvalue weighted by atomic mass is 16.3. The van der Waals surface area contributed by atoms with Gasteiger partial charge in [-0.3, -0.25) is 0 Å². The van der Waals surface area contributed by atoms with Crippen molar-refractivity contribution in [3.8, 4) is 0 Å². The molecule has 0 aromatic heterocycles. The van der Waals surface area contributed by atoms with Gasteiger partial charge in [-0.1, -0.05) is 38.3 Å². The summed E-state index contributed by atoms with van der Waals surface area (Å²) in [5.74, 6) is 5.16. The van der Waals surface area contributed by atoms with Crippen LogP contribution in [0.4, 0.5) is 0 Å². The zero-order chi connectivity index (χ0) is 20.1. The van der Waals surface area contributed by atoms with Gasteiger partial charge in [-0.2, -0.15) is 0 Å². The molecule has 5 unspecified atom stereocenters. The second-order valence-electron chi connectivity index (χ2n) is 11.9. The number of rotatable bonds is 5. The molecule has 28 heavy (non-hydrogen) atoms. The van der Waals surface area contributed by atoms with Gasteiger partial charge in [0.1, 0.15) is 0 Å². The summed E-state index contributed by atoms with van der Waals surface area (Å²) in [5, 5.41) is 20.1. The van der Waals surface area contributed by atoms with Crippen molar-refractivity contribution in [3.05, 3.63) is 11.6 Å². The summed E-state index contributed by atoms with van der Waals surface area (Å²) in [7, 11) is 0. The summed E-state index contributed by atoms with van der Waals surface area (Å²) < 4.78 is 0. The maximum absolute atomic E-state index is 10.1. The second-order valence-corrected chi connectivity index (χ2v) is 11.9. The summed E-state index contributed by atoms with van der Waals surface area (Å²) in [6.45, 7) is 9.03. The largest absolute Gasteiger partial charge is 0.393 e. The molecular weight excluding hydrogens is 344 g/mol. The minimum atomic E-state index is -0.514. The Labute approximate surface area is 173 Å². The Balaban J connectivity index is 1.43. The van der Waals surface area contributed by atoms with E-state index in [4.69, 9.17) is 0 Å². The third-order valence-corrected chi connectivity index (χ3v) is 9.63. The molecule has 3 saturated carbocycles. The van der Waals surface area contributed by atoms with Gasteiger partial charge in [-0.05, 0) is 113 Å². The molecule has 0 heterocycles. The molecule has 0 bridgehead atoms. The summed E-state index contributed by atoms with van der Waals surface area (Å²) in [5.41, 5.74) is 1.63. The first-order chi connectivity index (χ1) is 13.2. The van der Waals surface area contributed by atoms with E-state index in [-0.39, 0.29) is 6.10 Å². The molecule has 2 nitrogen and oxygen atoms in total. The number of hydrogen-bond acceptors (Lipinski definition) is 2. The van der Waals surface area contributed by atoms with Crippen LogP contribution in [0.5, 0.6) is 0 Å². The van der Waals surface area contributed by atoms with Crippen molar-refractivity contribution in [2.24, 2.45) is 40.9 Å². The average molecular weight is 389 g/mol. The van der Waals surface area contributed by atoms with Gasteiger partial charge in [0.15, 0.2) is 0 Å². The van der Waals surface area contributed by atoms with Crippen LogP contribution in [-0.2, 0) is 0 Å². The fourth-order valence-electron chi connectivity index (χ4n) is 8.28. The molecule has 3 fully saturated rings. The third-order valence-electron chi connectivity index (χ3n) is 9.63. The Morgan fingerprint density at radius 3 is 2.68 bits per heavy atom. The predicted molar refractivity (Wildman–Crippen MR) is 116 cm³/mol. The minimum absolute atomic E-state index is 0.0754. The molecule has 0 spiro atoms. The van der Waals surface area contributed by atoms with Crippen molar-refractivity contribution in [1.29, 1.82) is 0 Å². The number of aliphatic hydroxyl groups excluding tert-OH is 1. The second kappa shape index (κ2) is 7.73. The van der Waals surface area contributed by atoms with Crippen LogP contribution in [-0.4, -0.2) is 21.9 Å². The van der Waals surface area contributed by atoms with Crippen LogP contribution < -0.4 is 0 Å². The predicted octanol–water partition coefficient (Wildman–Crippen LogP) is 6.11. The van der Waals surface area contributed by atoms with E-state index in [1.807, 2.05) is 13.8 Å². The SMILES string of the molecule is C[C@H](CCCC(C)(C)O)C1CCC2C3CC=C4CC(O)CC[C@@H]4C3CC[C@@]21C. The highest BCUT2D eigenvalue weighted by Gasteiger charge is 2.56. The van der Waals surface area contributed by atoms with Crippen molar-refractivity contribution >= 4 is 0 Å². The van der Waals surface area contributed by atoms with E-state index in [1.165, 1.54) is 44.9 Å². The van der Waals surface area contributed by atoms with Gasteiger partial charge in [0.25, 0.3) is 0 Å². The fraction of sp³-hybridized carbons (Fsp3) is 0.923. The molecule has 0 aromatic carbocycles. The molecule has 2 N–H and O–H groups in total. The first kappa shape index (κ1) is 20.9. The number of aliphatic hydroxyl groups is 2. The van der Waals surface area contributed by atoms with Crippen LogP contribution in [0.3, 0.4) is 0 Å². The molecule has 8 atom stereocenters. The van der Waals surface area contributed by atoms with E-state index in [9.17, 15) is 10.2 Å². The van der Waals surface area contributed by atoms with Gasteiger partial charge in [-0.25, -0.2) is 0 Å². The molecule has 0 aromatic rings. The van der Waals surface area contributed by atoms with Gasteiger partial charge in [0, 0.05) is 0 Å². The molecule has 4 aliphatic carbocycles. The quantitative estimate of drug-likeness (QED) is 0.558. The van der Waals surface area contributed by atoms with E-state index in [1.54, 1.807) is 5.57 Å². The number of allylic oxidation sites excluding steroid dienone is 1. The lowest BCUT2D eigenvalue weighted by Gasteiger charge is -2.54. The molecule has 0 saturated heterocycles. The standard InChI is InChI=1S/C26H44O2/c1-17(6-5-14-25(2,3)28)23-11-12-24-22-9-7-18-16-19(27)8-10-20(18)21(22)13-15-26(23,24)4/h7,17,19-24,27-28H,5-6,8-16H2,1-4H3/t17-,19?,20+,21?,22?,23?,24?,26-/m1/s1. The zero-order valence-electron chi connectivity index (χ0n) is 18.8. The summed E-state index contributed by atoms with van der Waals surface area (Å²) in [4.78, 5) is 0. The Morgan fingerprint density at radius 2 is 1.93 bits per heavy atom. The van der Waals surface area contributed by atoms with E-state index in [0.29, 0.717) is 5.41 Å². The van der Waals surface area contributed by atoms with E-state index in [2.05, 4.69) is 19.9 Å². The van der Waals surface area contributed by atoms with E-state index in [0.717, 1.165) is 61.2 Å². The van der Waals surface area contributed by atoms with Crippen molar-refractivity contribution in [2.75, 3.05) is 0 Å². The van der Waals surface area contributed by atoms with Crippen molar-refractivity contribution in [3.63, 3.8) is 0 Å². The van der Waals surface area contributed by atoms with E-state index < -0.39 is 5.60 Å². The van der Waals surface area contributed by atoms with Gasteiger partial charge < -0.3 is 10.2 Å². The maximum Gasteiger partial charge on any atom is 0.0591 e. The highest BCUT2D eigenvalue weighted by Crippen LogP contribution is 2.64. The normalized spacial score (nSPS) is 44.3. The lowest BCUT2D eigenvalue weighted by atomic mass is 9.51. The van der Waals surface area contributed by atoms with Crippen LogP contribution in [0, 0.1) is 40.9 Å². The monoisotopic (exact) mass is 388 g/mol. The average Bonchev–Trinajstić information content (AvgIpc) is 2.97. The minimum Gasteiger partial charge on any atom is -0.393 e. The fourth-order valence-corrected chi connectivity index (χ4v) is 8.28. The van der Waals surface area contributed by atoms with Crippen molar-refractivity contribution in [1.82, 2.24) is 0 Å². The van der Waals surface area contributed by atoms with Gasteiger partial charge in [-0.15, -0.1) is 0 Å². The summed E-state index contributed by atoms with van der Waals surface area (Å²) in [6, 6.07) is 0. The lowest BCUT2D eigenvalue weighted by Crippen LogP contribution is -2.47. The van der Waals surface area contributed by atoms with E-state index >= 15 is 0 Å². The smallest absolute Gasteiger partial charge is 0.0591 e. The Hall–Kier alpha value is -0.340. The third kappa shape index (κ3) is 3.85. The van der Waals surface area contributed by atoms with Crippen LogP contribution in [0.15, 0.2) is 11.6 Å². The summed E-state index contributed by atoms with van der Waals surface area (Å²) in [6.07, 6.45) is 16.0. The lowest BCUT2D eigenvalue weighted by molar-refractivity contribution is -0.0300. The number of fused-ring (bicyclic) bond motifs is 5. The molecule has 0 aliphatic heterocycles. The molecule has 2 heteroatoms. The first-order valence-corrected chi connectivity index (χ1v) is 12.3. The Bertz CT molecular complexity index is 588. The molecule has 4 rings (SSSR count). The van der Waals surface area contributed by atoms with Crippen LogP contribution in [0.25, 0.3) is 0 Å². The van der Waals surface area contributed by atoms with Gasteiger partial charge >= 0.3 is 0 Å². The molecule has 0 amide bonds. The Kier molecular flexibility index (Phi) is 5.77. The number of hydrogen-bond donors (Lipinski definition) is 2. The van der Waals surface area contributed by atoms with Crippen LogP contribution in [0.2, 0.25) is 0 Å². The highest BCUT2D eigenvalue weighted by molar-refractivity contribution is 5.20. The topological polar surface area (TPSA) is 40.5 Å². The first-order valence-electron chi connectivity index (χ1n) is 12.3. The maximum atomic E-state index is 10.1. The molecule has 0 radical (unpaired) electrons. The summed E-state index contributed by atoms with van der Waals surface area (Å²) >= 11 is 0. The molecule has 4 aliphatic rings. The molecule has 160 valence electrons.